The maximum atomic E-state index is 11.6. The Morgan fingerprint density at radius 1 is 1.44 bits per heavy atom. The van der Waals surface area contributed by atoms with Crippen LogP contribution in [0.3, 0.4) is 0 Å². The molecule has 4 N–H and O–H groups in total. The van der Waals surface area contributed by atoms with E-state index in [0.29, 0.717) is 12.1 Å². The van der Waals surface area contributed by atoms with Crippen LogP contribution in [-0.4, -0.2) is 23.5 Å². The van der Waals surface area contributed by atoms with E-state index in [1.807, 2.05) is 6.07 Å². The predicted octanol–water partition coefficient (Wildman–Crippen LogP) is 1.04. The minimum Gasteiger partial charge on any atom is -0.481 e. The molecule has 1 unspecified atom stereocenters. The van der Waals surface area contributed by atoms with Crippen molar-refractivity contribution in [3.05, 3.63) is 29.8 Å². The Bertz CT molecular complexity index is 432. The van der Waals surface area contributed by atoms with Gasteiger partial charge in [-0.3, -0.25) is 9.59 Å². The highest BCUT2D eigenvalue weighted by molar-refractivity contribution is 5.79. The minimum atomic E-state index is -0.887. The maximum Gasteiger partial charge on any atom is 0.308 e. The fourth-order valence-corrected chi connectivity index (χ4v) is 1.59. The highest BCUT2D eigenvalue weighted by Crippen LogP contribution is 2.07. The van der Waals surface area contributed by atoms with E-state index in [9.17, 15) is 9.59 Å². The lowest BCUT2D eigenvalue weighted by molar-refractivity contribution is -0.141. The number of nitrogen functional groups attached to an aromatic ring is 1. The number of nitrogens with two attached hydrogens (primary N) is 1. The average molecular weight is 250 g/mol. The van der Waals surface area contributed by atoms with Crippen LogP contribution >= 0.6 is 0 Å². The summed E-state index contributed by atoms with van der Waals surface area (Å²) in [4.78, 5) is 22.4. The van der Waals surface area contributed by atoms with E-state index in [-0.39, 0.29) is 18.9 Å². The fourth-order valence-electron chi connectivity index (χ4n) is 1.59. The molecule has 0 aliphatic rings. The summed E-state index contributed by atoms with van der Waals surface area (Å²) in [6.45, 7) is 1.94. The van der Waals surface area contributed by atoms with E-state index in [2.05, 4.69) is 5.32 Å². The average Bonchev–Trinajstić information content (AvgIpc) is 2.29. The summed E-state index contributed by atoms with van der Waals surface area (Å²) in [5.74, 6) is -1.61. The van der Waals surface area contributed by atoms with Gasteiger partial charge in [0.1, 0.15) is 0 Å². The molecule has 0 spiro atoms. The summed E-state index contributed by atoms with van der Waals surface area (Å²) in [7, 11) is 0. The van der Waals surface area contributed by atoms with Crippen LogP contribution in [0.5, 0.6) is 0 Å². The van der Waals surface area contributed by atoms with Crippen molar-refractivity contribution < 1.29 is 14.7 Å². The second-order valence-electron chi connectivity index (χ2n) is 4.17. The molecule has 0 aliphatic heterocycles. The highest BCUT2D eigenvalue weighted by Gasteiger charge is 2.15. The number of anilines is 1. The molecule has 1 aromatic rings. The zero-order valence-corrected chi connectivity index (χ0v) is 10.3. The van der Waals surface area contributed by atoms with E-state index < -0.39 is 11.9 Å². The molecule has 0 saturated carbocycles. The smallest absolute Gasteiger partial charge is 0.308 e. The van der Waals surface area contributed by atoms with E-state index in [4.69, 9.17) is 10.8 Å². The summed E-state index contributed by atoms with van der Waals surface area (Å²) in [6, 6.07) is 7.07. The topological polar surface area (TPSA) is 92.4 Å². The molecular weight excluding hydrogens is 232 g/mol. The van der Waals surface area contributed by atoms with Gasteiger partial charge in [-0.05, 0) is 24.1 Å². The van der Waals surface area contributed by atoms with Crippen molar-refractivity contribution in [1.82, 2.24) is 5.32 Å². The van der Waals surface area contributed by atoms with Gasteiger partial charge in [0, 0.05) is 12.2 Å². The number of benzene rings is 1. The lowest BCUT2D eigenvalue weighted by Crippen LogP contribution is -2.33. The summed E-state index contributed by atoms with van der Waals surface area (Å²) in [5, 5.41) is 11.5. The summed E-state index contributed by atoms with van der Waals surface area (Å²) in [5.41, 5.74) is 7.03. The van der Waals surface area contributed by atoms with Gasteiger partial charge in [-0.1, -0.05) is 19.1 Å². The van der Waals surface area contributed by atoms with Crippen LogP contribution in [0, 0.1) is 5.92 Å². The number of carbonyl (C=O) groups excluding carboxylic acids is 1. The van der Waals surface area contributed by atoms with Crippen LogP contribution in [0.4, 0.5) is 5.69 Å². The molecule has 1 atom stereocenters. The summed E-state index contributed by atoms with van der Waals surface area (Å²) < 4.78 is 0. The molecule has 0 fully saturated rings. The second kappa shape index (κ2) is 6.64. The Labute approximate surface area is 106 Å². The van der Waals surface area contributed by atoms with Crippen molar-refractivity contribution in [2.45, 2.75) is 19.8 Å². The molecule has 98 valence electrons. The Morgan fingerprint density at radius 2 is 2.17 bits per heavy atom. The van der Waals surface area contributed by atoms with Gasteiger partial charge in [0.15, 0.2) is 0 Å². The standard InChI is InChI=1S/C13H18N2O3/c1-2-10(13(17)18)8-15-12(16)7-9-4-3-5-11(14)6-9/h3-6,10H,2,7-8,14H2,1H3,(H,15,16)(H,17,18). The van der Waals surface area contributed by atoms with Crippen LogP contribution in [0.1, 0.15) is 18.9 Å². The van der Waals surface area contributed by atoms with Gasteiger partial charge in [-0.2, -0.15) is 0 Å². The first-order chi connectivity index (χ1) is 8.52. The van der Waals surface area contributed by atoms with E-state index in [1.54, 1.807) is 25.1 Å². The van der Waals surface area contributed by atoms with E-state index in [0.717, 1.165) is 5.56 Å². The van der Waals surface area contributed by atoms with Gasteiger partial charge in [-0.25, -0.2) is 0 Å². The number of carboxylic acids is 1. The second-order valence-corrected chi connectivity index (χ2v) is 4.17. The number of carboxylic acid groups (broad SMARTS) is 1. The molecule has 0 saturated heterocycles. The Balaban J connectivity index is 2.45. The Kier molecular flexibility index (Phi) is 5.17. The minimum absolute atomic E-state index is 0.160. The monoisotopic (exact) mass is 250 g/mol. The highest BCUT2D eigenvalue weighted by atomic mass is 16.4. The van der Waals surface area contributed by atoms with E-state index >= 15 is 0 Å². The molecule has 0 aromatic heterocycles. The number of aliphatic carboxylic acids is 1. The van der Waals surface area contributed by atoms with Gasteiger partial charge >= 0.3 is 5.97 Å². The van der Waals surface area contributed by atoms with Crippen LogP contribution in [0.25, 0.3) is 0 Å². The normalized spacial score (nSPS) is 11.8. The van der Waals surface area contributed by atoms with Crippen molar-refractivity contribution in [2.75, 3.05) is 12.3 Å². The lowest BCUT2D eigenvalue weighted by Gasteiger charge is -2.11. The van der Waals surface area contributed by atoms with Crippen LogP contribution in [0.2, 0.25) is 0 Å². The van der Waals surface area contributed by atoms with E-state index in [1.165, 1.54) is 0 Å². The van der Waals surface area contributed by atoms with Crippen molar-refractivity contribution in [3.63, 3.8) is 0 Å². The number of amides is 1. The van der Waals surface area contributed by atoms with Crippen LogP contribution in [0.15, 0.2) is 24.3 Å². The number of hydrogen-bond donors (Lipinski definition) is 3. The lowest BCUT2D eigenvalue weighted by atomic mass is 10.1. The summed E-state index contributed by atoms with van der Waals surface area (Å²) >= 11 is 0. The third-order valence-electron chi connectivity index (χ3n) is 2.70. The molecule has 5 heteroatoms. The molecule has 1 rings (SSSR count). The van der Waals surface area contributed by atoms with Gasteiger partial charge < -0.3 is 16.2 Å². The number of nitrogens with one attached hydrogen (secondary N) is 1. The molecule has 1 aromatic carbocycles. The fraction of sp³-hybridized carbons (Fsp3) is 0.385. The molecule has 5 nitrogen and oxygen atoms in total. The molecule has 0 aliphatic carbocycles. The van der Waals surface area contributed by atoms with Crippen LogP contribution in [-0.2, 0) is 16.0 Å². The first-order valence-corrected chi connectivity index (χ1v) is 5.86. The third kappa shape index (κ3) is 4.45. The van der Waals surface area contributed by atoms with Gasteiger partial charge in [-0.15, -0.1) is 0 Å². The number of hydrogen-bond acceptors (Lipinski definition) is 3. The molecule has 0 radical (unpaired) electrons. The molecule has 0 bridgehead atoms. The van der Waals surface area contributed by atoms with Gasteiger partial charge in [0.25, 0.3) is 0 Å². The van der Waals surface area contributed by atoms with Gasteiger partial charge in [0.2, 0.25) is 5.91 Å². The third-order valence-corrected chi connectivity index (χ3v) is 2.70. The Morgan fingerprint density at radius 3 is 2.72 bits per heavy atom. The zero-order chi connectivity index (χ0) is 13.5. The van der Waals surface area contributed by atoms with Crippen molar-refractivity contribution >= 4 is 17.6 Å². The summed E-state index contributed by atoms with van der Waals surface area (Å²) in [6.07, 6.45) is 0.703. The maximum absolute atomic E-state index is 11.6. The SMILES string of the molecule is CCC(CNC(=O)Cc1cccc(N)c1)C(=O)O. The number of rotatable bonds is 6. The van der Waals surface area contributed by atoms with Crippen molar-refractivity contribution in [1.29, 1.82) is 0 Å². The van der Waals surface area contributed by atoms with Crippen molar-refractivity contribution in [2.24, 2.45) is 5.92 Å². The first kappa shape index (κ1) is 14.0. The quantitative estimate of drug-likeness (QED) is 0.658. The Hall–Kier alpha value is -2.04. The van der Waals surface area contributed by atoms with Crippen molar-refractivity contribution in [3.8, 4) is 0 Å². The molecule has 0 heterocycles. The largest absolute Gasteiger partial charge is 0.481 e. The molecule has 1 amide bonds. The van der Waals surface area contributed by atoms with Gasteiger partial charge in [0.05, 0.1) is 12.3 Å². The predicted molar refractivity (Wildman–Crippen MR) is 69.0 cm³/mol. The van der Waals surface area contributed by atoms with Crippen LogP contribution < -0.4 is 11.1 Å². The molecular formula is C13H18N2O3. The first-order valence-electron chi connectivity index (χ1n) is 5.86. The molecule has 18 heavy (non-hydrogen) atoms. The zero-order valence-electron chi connectivity index (χ0n) is 10.3. The number of carbonyl (C=O) groups is 2.